The highest BCUT2D eigenvalue weighted by atomic mass is 35.5. The second kappa shape index (κ2) is 6.95. The third kappa shape index (κ3) is 4.09. The molecule has 0 aliphatic carbocycles. The molecule has 0 bridgehead atoms. The molecule has 1 atom stereocenters. The standard InChI is InChI=1S/C17H28ClN3/c1-5-7-14-15(18)19-12-20-16(14)21-10-6-8-13(9-11-21)17(2,3)4/h12-13H,5-11H2,1-4H3. The zero-order chi connectivity index (χ0) is 15.5. The van der Waals surface area contributed by atoms with Gasteiger partial charge in [0.05, 0.1) is 0 Å². The van der Waals surface area contributed by atoms with Gasteiger partial charge in [0, 0.05) is 18.7 Å². The molecule has 1 aliphatic rings. The first-order valence-electron chi connectivity index (χ1n) is 8.17. The van der Waals surface area contributed by atoms with Crippen LogP contribution < -0.4 is 4.90 Å². The number of hydrogen-bond donors (Lipinski definition) is 0. The molecule has 1 aromatic heterocycles. The summed E-state index contributed by atoms with van der Waals surface area (Å²) in [5, 5.41) is 0.624. The summed E-state index contributed by atoms with van der Waals surface area (Å²) in [5.41, 5.74) is 1.52. The molecule has 0 spiro atoms. The van der Waals surface area contributed by atoms with Crippen LogP contribution in [0.1, 0.15) is 58.9 Å². The van der Waals surface area contributed by atoms with Crippen molar-refractivity contribution in [3.8, 4) is 0 Å². The Balaban J connectivity index is 2.18. The summed E-state index contributed by atoms with van der Waals surface area (Å²) in [6.45, 7) is 11.4. The molecule has 1 unspecified atom stereocenters. The van der Waals surface area contributed by atoms with E-state index >= 15 is 0 Å². The van der Waals surface area contributed by atoms with Crippen molar-refractivity contribution in [3.63, 3.8) is 0 Å². The second-order valence-electron chi connectivity index (χ2n) is 7.20. The number of rotatable bonds is 3. The van der Waals surface area contributed by atoms with Gasteiger partial charge >= 0.3 is 0 Å². The first-order chi connectivity index (χ1) is 9.93. The largest absolute Gasteiger partial charge is 0.356 e. The topological polar surface area (TPSA) is 29.0 Å². The monoisotopic (exact) mass is 309 g/mol. The summed E-state index contributed by atoms with van der Waals surface area (Å²) >= 11 is 6.29. The van der Waals surface area contributed by atoms with Crippen molar-refractivity contribution in [2.45, 2.75) is 59.8 Å². The predicted octanol–water partition coefficient (Wildman–Crippen LogP) is 4.74. The van der Waals surface area contributed by atoms with Crippen molar-refractivity contribution in [1.82, 2.24) is 9.97 Å². The summed E-state index contributed by atoms with van der Waals surface area (Å²) < 4.78 is 0. The van der Waals surface area contributed by atoms with Crippen LogP contribution in [0.15, 0.2) is 6.33 Å². The molecule has 0 saturated carbocycles. The molecule has 2 heterocycles. The first kappa shape index (κ1) is 16.5. The van der Waals surface area contributed by atoms with Gasteiger partial charge in [-0.15, -0.1) is 0 Å². The Morgan fingerprint density at radius 1 is 1.24 bits per heavy atom. The van der Waals surface area contributed by atoms with Crippen LogP contribution >= 0.6 is 11.6 Å². The van der Waals surface area contributed by atoms with Gasteiger partial charge < -0.3 is 4.90 Å². The molecular formula is C17H28ClN3. The average molecular weight is 310 g/mol. The fraction of sp³-hybridized carbons (Fsp3) is 0.765. The molecule has 118 valence electrons. The minimum absolute atomic E-state index is 0.394. The smallest absolute Gasteiger partial charge is 0.137 e. The van der Waals surface area contributed by atoms with Crippen molar-refractivity contribution < 1.29 is 0 Å². The Bertz CT molecular complexity index is 468. The molecule has 3 nitrogen and oxygen atoms in total. The molecule has 2 rings (SSSR count). The summed E-state index contributed by atoms with van der Waals surface area (Å²) in [4.78, 5) is 11.1. The van der Waals surface area contributed by atoms with E-state index in [1.165, 1.54) is 19.3 Å². The highest BCUT2D eigenvalue weighted by Gasteiger charge is 2.28. The van der Waals surface area contributed by atoms with E-state index in [1.807, 2.05) is 0 Å². The molecule has 4 heteroatoms. The highest BCUT2D eigenvalue weighted by molar-refractivity contribution is 6.30. The molecule has 1 aromatic rings. The van der Waals surface area contributed by atoms with Gasteiger partial charge in [0.15, 0.2) is 0 Å². The molecular weight excluding hydrogens is 282 g/mol. The van der Waals surface area contributed by atoms with Crippen LogP contribution in [0.5, 0.6) is 0 Å². The lowest BCUT2D eigenvalue weighted by Gasteiger charge is -2.30. The van der Waals surface area contributed by atoms with Gasteiger partial charge in [0.2, 0.25) is 0 Å². The van der Waals surface area contributed by atoms with E-state index in [1.54, 1.807) is 6.33 Å². The van der Waals surface area contributed by atoms with Crippen LogP contribution in [0.2, 0.25) is 5.15 Å². The van der Waals surface area contributed by atoms with E-state index in [0.717, 1.165) is 43.2 Å². The molecule has 1 fully saturated rings. The van der Waals surface area contributed by atoms with Crippen LogP contribution in [-0.4, -0.2) is 23.1 Å². The zero-order valence-electron chi connectivity index (χ0n) is 13.8. The van der Waals surface area contributed by atoms with Crippen LogP contribution in [0.25, 0.3) is 0 Å². The maximum atomic E-state index is 6.29. The normalized spacial score (nSPS) is 20.4. The molecule has 0 aromatic carbocycles. The van der Waals surface area contributed by atoms with Crippen LogP contribution in [0.3, 0.4) is 0 Å². The third-order valence-electron chi connectivity index (χ3n) is 4.62. The SMILES string of the molecule is CCCc1c(Cl)ncnc1N1CCCC(C(C)(C)C)CC1. The van der Waals surface area contributed by atoms with Gasteiger partial charge in [-0.05, 0) is 37.0 Å². The molecule has 0 amide bonds. The molecule has 1 aliphatic heterocycles. The van der Waals surface area contributed by atoms with Gasteiger partial charge in [-0.3, -0.25) is 0 Å². The molecule has 21 heavy (non-hydrogen) atoms. The lowest BCUT2D eigenvalue weighted by Crippen LogP contribution is -2.28. The van der Waals surface area contributed by atoms with Gasteiger partial charge in [0.1, 0.15) is 17.3 Å². The first-order valence-corrected chi connectivity index (χ1v) is 8.55. The number of nitrogens with zero attached hydrogens (tertiary/aromatic N) is 3. The summed E-state index contributed by atoms with van der Waals surface area (Å²) in [7, 11) is 0. The van der Waals surface area contributed by atoms with E-state index in [0.29, 0.717) is 10.6 Å². The maximum Gasteiger partial charge on any atom is 0.137 e. The Morgan fingerprint density at radius 2 is 2.00 bits per heavy atom. The van der Waals surface area contributed by atoms with Crippen LogP contribution in [0, 0.1) is 11.3 Å². The van der Waals surface area contributed by atoms with Gasteiger partial charge in [0.25, 0.3) is 0 Å². The number of anilines is 1. The quantitative estimate of drug-likeness (QED) is 0.755. The average Bonchev–Trinajstić information content (AvgIpc) is 2.66. The Morgan fingerprint density at radius 3 is 2.67 bits per heavy atom. The van der Waals surface area contributed by atoms with Crippen molar-refractivity contribution >= 4 is 17.4 Å². The van der Waals surface area contributed by atoms with E-state index in [2.05, 4.69) is 42.6 Å². The molecule has 1 saturated heterocycles. The van der Waals surface area contributed by atoms with E-state index < -0.39 is 0 Å². The Labute approximate surface area is 134 Å². The fourth-order valence-electron chi connectivity index (χ4n) is 3.29. The van der Waals surface area contributed by atoms with Crippen LogP contribution in [-0.2, 0) is 6.42 Å². The minimum atomic E-state index is 0.394. The van der Waals surface area contributed by atoms with E-state index in [9.17, 15) is 0 Å². The van der Waals surface area contributed by atoms with E-state index in [-0.39, 0.29) is 0 Å². The molecule has 0 N–H and O–H groups in total. The lowest BCUT2D eigenvalue weighted by atomic mass is 9.77. The Kier molecular flexibility index (Phi) is 5.48. The molecule has 0 radical (unpaired) electrons. The van der Waals surface area contributed by atoms with Gasteiger partial charge in [-0.1, -0.05) is 45.7 Å². The minimum Gasteiger partial charge on any atom is -0.356 e. The highest BCUT2D eigenvalue weighted by Crippen LogP contribution is 2.36. The van der Waals surface area contributed by atoms with Gasteiger partial charge in [-0.2, -0.15) is 0 Å². The number of hydrogen-bond acceptors (Lipinski definition) is 3. The fourth-order valence-corrected chi connectivity index (χ4v) is 3.52. The number of halogens is 1. The Hall–Kier alpha value is -0.830. The van der Waals surface area contributed by atoms with Crippen molar-refractivity contribution in [1.29, 1.82) is 0 Å². The van der Waals surface area contributed by atoms with Crippen LogP contribution in [0.4, 0.5) is 5.82 Å². The number of aromatic nitrogens is 2. The second-order valence-corrected chi connectivity index (χ2v) is 7.56. The van der Waals surface area contributed by atoms with Crippen molar-refractivity contribution in [3.05, 3.63) is 17.0 Å². The zero-order valence-corrected chi connectivity index (χ0v) is 14.6. The van der Waals surface area contributed by atoms with Gasteiger partial charge in [-0.25, -0.2) is 9.97 Å². The van der Waals surface area contributed by atoms with Crippen molar-refractivity contribution in [2.24, 2.45) is 11.3 Å². The van der Waals surface area contributed by atoms with Crippen molar-refractivity contribution in [2.75, 3.05) is 18.0 Å². The van der Waals surface area contributed by atoms with E-state index in [4.69, 9.17) is 11.6 Å². The lowest BCUT2D eigenvalue weighted by molar-refractivity contribution is 0.220. The predicted molar refractivity (Wildman–Crippen MR) is 90.0 cm³/mol. The maximum absolute atomic E-state index is 6.29. The third-order valence-corrected chi connectivity index (χ3v) is 4.95. The summed E-state index contributed by atoms with van der Waals surface area (Å²) in [6, 6.07) is 0. The summed E-state index contributed by atoms with van der Waals surface area (Å²) in [5.74, 6) is 1.85. The summed E-state index contributed by atoms with van der Waals surface area (Å²) in [6.07, 6.45) is 7.39.